The van der Waals surface area contributed by atoms with Crippen LogP contribution in [0.3, 0.4) is 0 Å². The number of hydrogen-bond donors (Lipinski definition) is 1. The summed E-state index contributed by atoms with van der Waals surface area (Å²) in [4.78, 5) is 2.45. The molecular weight excluding hydrogens is 276 g/mol. The first kappa shape index (κ1) is 14.7. The van der Waals surface area contributed by atoms with E-state index in [4.69, 9.17) is 5.73 Å². The second-order valence-electron chi connectivity index (χ2n) is 4.78. The van der Waals surface area contributed by atoms with E-state index in [1.54, 1.807) is 0 Å². The minimum absolute atomic E-state index is 0.329. The molecule has 2 nitrogen and oxygen atoms in total. The highest BCUT2D eigenvalue weighted by atomic mass is 79.9. The molecule has 0 aliphatic heterocycles. The van der Waals surface area contributed by atoms with Gasteiger partial charge in [0, 0.05) is 23.6 Å². The molecule has 0 amide bonds. The largest absolute Gasteiger partial charge is 0.329 e. The number of nitrogens with two attached hydrogens (primary N) is 1. The Labute approximate surface area is 113 Å². The lowest BCUT2D eigenvalue weighted by atomic mass is 10.0. The monoisotopic (exact) mass is 298 g/mol. The van der Waals surface area contributed by atoms with Gasteiger partial charge in [0.1, 0.15) is 0 Å². The summed E-state index contributed by atoms with van der Waals surface area (Å²) in [6.45, 7) is 9.49. The summed E-state index contributed by atoms with van der Waals surface area (Å²) in [5, 5.41) is 0. The van der Waals surface area contributed by atoms with Crippen molar-refractivity contribution in [3.63, 3.8) is 0 Å². The fourth-order valence-corrected chi connectivity index (χ4v) is 2.39. The van der Waals surface area contributed by atoms with Crippen molar-refractivity contribution >= 4 is 15.9 Å². The SMILES string of the molecule is CCN(CC(C)C)C(CN)c1ccc(Br)cc1. The van der Waals surface area contributed by atoms with E-state index in [0.717, 1.165) is 17.6 Å². The van der Waals surface area contributed by atoms with Crippen LogP contribution >= 0.6 is 15.9 Å². The summed E-state index contributed by atoms with van der Waals surface area (Å²) >= 11 is 3.47. The Morgan fingerprint density at radius 2 is 1.82 bits per heavy atom. The molecule has 1 rings (SSSR count). The van der Waals surface area contributed by atoms with Gasteiger partial charge in [0.25, 0.3) is 0 Å². The van der Waals surface area contributed by atoms with Crippen LogP contribution in [-0.4, -0.2) is 24.5 Å². The Bertz CT molecular complexity index is 321. The predicted molar refractivity (Wildman–Crippen MR) is 78.0 cm³/mol. The number of benzene rings is 1. The Hall–Kier alpha value is -0.380. The number of halogens is 1. The summed E-state index contributed by atoms with van der Waals surface area (Å²) < 4.78 is 1.11. The van der Waals surface area contributed by atoms with Crippen molar-refractivity contribution in [2.45, 2.75) is 26.8 Å². The van der Waals surface area contributed by atoms with Gasteiger partial charge in [-0.3, -0.25) is 4.90 Å². The van der Waals surface area contributed by atoms with E-state index in [9.17, 15) is 0 Å². The van der Waals surface area contributed by atoms with Gasteiger partial charge < -0.3 is 5.73 Å². The maximum Gasteiger partial charge on any atom is 0.0470 e. The number of rotatable bonds is 6. The van der Waals surface area contributed by atoms with Crippen LogP contribution in [0.2, 0.25) is 0 Å². The molecule has 0 aromatic heterocycles. The summed E-state index contributed by atoms with van der Waals surface area (Å²) in [7, 11) is 0. The molecular formula is C14H23BrN2. The molecule has 0 saturated heterocycles. The Morgan fingerprint density at radius 1 is 1.24 bits per heavy atom. The molecule has 1 aromatic carbocycles. The minimum Gasteiger partial charge on any atom is -0.329 e. The summed E-state index contributed by atoms with van der Waals surface area (Å²) in [5.74, 6) is 0.666. The molecule has 0 radical (unpaired) electrons. The molecule has 2 N–H and O–H groups in total. The van der Waals surface area contributed by atoms with Crippen molar-refractivity contribution in [3.05, 3.63) is 34.3 Å². The number of nitrogens with zero attached hydrogens (tertiary/aromatic N) is 1. The average Bonchev–Trinajstić information content (AvgIpc) is 2.30. The molecule has 1 unspecified atom stereocenters. The zero-order valence-electron chi connectivity index (χ0n) is 11.0. The minimum atomic E-state index is 0.329. The fraction of sp³-hybridized carbons (Fsp3) is 0.571. The molecule has 17 heavy (non-hydrogen) atoms. The first-order valence-corrected chi connectivity index (χ1v) is 7.07. The van der Waals surface area contributed by atoms with Gasteiger partial charge in [-0.2, -0.15) is 0 Å². The standard InChI is InChI=1S/C14H23BrN2/c1-4-17(10-11(2)3)14(9-16)12-5-7-13(15)8-6-12/h5-8,11,14H,4,9-10,16H2,1-3H3. The highest BCUT2D eigenvalue weighted by molar-refractivity contribution is 9.10. The van der Waals surface area contributed by atoms with Crippen LogP contribution in [0, 0.1) is 5.92 Å². The summed E-state index contributed by atoms with van der Waals surface area (Å²) in [5.41, 5.74) is 7.25. The van der Waals surface area contributed by atoms with Crippen LogP contribution in [0.5, 0.6) is 0 Å². The Morgan fingerprint density at radius 3 is 2.24 bits per heavy atom. The lowest BCUT2D eigenvalue weighted by molar-refractivity contribution is 0.189. The fourth-order valence-electron chi connectivity index (χ4n) is 2.13. The van der Waals surface area contributed by atoms with E-state index in [1.807, 2.05) is 0 Å². The second-order valence-corrected chi connectivity index (χ2v) is 5.70. The first-order valence-electron chi connectivity index (χ1n) is 6.28. The van der Waals surface area contributed by atoms with Gasteiger partial charge >= 0.3 is 0 Å². The topological polar surface area (TPSA) is 29.3 Å². The molecule has 0 spiro atoms. The van der Waals surface area contributed by atoms with Crippen LogP contribution < -0.4 is 5.73 Å². The molecule has 1 aromatic rings. The first-order chi connectivity index (χ1) is 8.08. The lowest BCUT2D eigenvalue weighted by Crippen LogP contribution is -2.36. The third-order valence-corrected chi connectivity index (χ3v) is 3.45. The molecule has 0 aliphatic carbocycles. The maximum absolute atomic E-state index is 5.94. The molecule has 0 saturated carbocycles. The highest BCUT2D eigenvalue weighted by Gasteiger charge is 2.18. The van der Waals surface area contributed by atoms with E-state index >= 15 is 0 Å². The van der Waals surface area contributed by atoms with E-state index in [-0.39, 0.29) is 0 Å². The normalized spacial score (nSPS) is 13.4. The third kappa shape index (κ3) is 4.41. The van der Waals surface area contributed by atoms with E-state index in [2.05, 4.69) is 65.9 Å². The number of likely N-dealkylation sites (N-methyl/N-ethyl adjacent to an activating group) is 1. The Balaban J connectivity index is 2.84. The third-order valence-electron chi connectivity index (χ3n) is 2.92. The van der Waals surface area contributed by atoms with Crippen LogP contribution in [0.4, 0.5) is 0 Å². The van der Waals surface area contributed by atoms with Gasteiger partial charge in [-0.05, 0) is 30.2 Å². The van der Waals surface area contributed by atoms with Gasteiger partial charge in [-0.15, -0.1) is 0 Å². The molecule has 3 heteroatoms. The second kappa shape index (κ2) is 7.14. The molecule has 0 fully saturated rings. The highest BCUT2D eigenvalue weighted by Crippen LogP contribution is 2.22. The Kier molecular flexibility index (Phi) is 6.17. The van der Waals surface area contributed by atoms with Crippen LogP contribution in [0.15, 0.2) is 28.7 Å². The van der Waals surface area contributed by atoms with Crippen molar-refractivity contribution in [1.82, 2.24) is 4.90 Å². The summed E-state index contributed by atoms with van der Waals surface area (Å²) in [6.07, 6.45) is 0. The van der Waals surface area contributed by atoms with Crippen molar-refractivity contribution in [2.24, 2.45) is 11.7 Å². The van der Waals surface area contributed by atoms with Crippen LogP contribution in [-0.2, 0) is 0 Å². The maximum atomic E-state index is 5.94. The van der Waals surface area contributed by atoms with Gasteiger partial charge in [0.2, 0.25) is 0 Å². The van der Waals surface area contributed by atoms with E-state index < -0.39 is 0 Å². The van der Waals surface area contributed by atoms with Gasteiger partial charge in [0.15, 0.2) is 0 Å². The van der Waals surface area contributed by atoms with Crippen molar-refractivity contribution in [3.8, 4) is 0 Å². The molecule has 96 valence electrons. The van der Waals surface area contributed by atoms with Crippen molar-refractivity contribution < 1.29 is 0 Å². The van der Waals surface area contributed by atoms with Crippen molar-refractivity contribution in [2.75, 3.05) is 19.6 Å². The smallest absolute Gasteiger partial charge is 0.0470 e. The van der Waals surface area contributed by atoms with E-state index in [0.29, 0.717) is 18.5 Å². The molecule has 1 atom stereocenters. The van der Waals surface area contributed by atoms with Gasteiger partial charge in [-0.25, -0.2) is 0 Å². The zero-order chi connectivity index (χ0) is 12.8. The zero-order valence-corrected chi connectivity index (χ0v) is 12.6. The number of hydrogen-bond acceptors (Lipinski definition) is 2. The molecule has 0 heterocycles. The lowest BCUT2D eigenvalue weighted by Gasteiger charge is -2.31. The summed E-state index contributed by atoms with van der Waals surface area (Å²) in [6, 6.07) is 8.81. The molecule has 0 bridgehead atoms. The average molecular weight is 299 g/mol. The van der Waals surface area contributed by atoms with Crippen molar-refractivity contribution in [1.29, 1.82) is 0 Å². The molecule has 0 aliphatic rings. The predicted octanol–water partition coefficient (Wildman–Crippen LogP) is 3.43. The van der Waals surface area contributed by atoms with Gasteiger partial charge in [-0.1, -0.05) is 48.8 Å². The van der Waals surface area contributed by atoms with E-state index in [1.165, 1.54) is 5.56 Å². The quantitative estimate of drug-likeness (QED) is 0.872. The van der Waals surface area contributed by atoms with Crippen LogP contribution in [0.1, 0.15) is 32.4 Å². The van der Waals surface area contributed by atoms with Crippen LogP contribution in [0.25, 0.3) is 0 Å². The van der Waals surface area contributed by atoms with Gasteiger partial charge in [0.05, 0.1) is 0 Å².